The van der Waals surface area contributed by atoms with E-state index in [4.69, 9.17) is 28.8 Å². The third kappa shape index (κ3) is 9.05. The van der Waals surface area contributed by atoms with E-state index in [1.807, 2.05) is 23.9 Å². The average molecular weight is 560 g/mol. The van der Waals surface area contributed by atoms with E-state index in [1.165, 1.54) is 0 Å². The van der Waals surface area contributed by atoms with Crippen LogP contribution in [0.1, 0.15) is 33.7 Å². The van der Waals surface area contributed by atoms with Crippen LogP contribution in [0.4, 0.5) is 17.3 Å². The first kappa shape index (κ1) is 29.5. The van der Waals surface area contributed by atoms with Crippen molar-refractivity contribution < 1.29 is 14.4 Å². The second-order valence-corrected chi connectivity index (χ2v) is 9.65. The number of likely N-dealkylation sites (N-methyl/N-ethyl adjacent to an activating group) is 1. The van der Waals surface area contributed by atoms with E-state index in [0.717, 1.165) is 6.54 Å². The molecule has 2 heterocycles. The Kier molecular flexibility index (Phi) is 10.4. The molecule has 0 bridgehead atoms. The summed E-state index contributed by atoms with van der Waals surface area (Å²) in [6.45, 7) is 2.77. The molecule has 0 atom stereocenters. The first-order valence-electron chi connectivity index (χ1n) is 12.3. The van der Waals surface area contributed by atoms with Gasteiger partial charge in [0.05, 0.1) is 12.6 Å². The van der Waals surface area contributed by atoms with Crippen LogP contribution in [-0.4, -0.2) is 96.3 Å². The number of amides is 3. The lowest BCUT2D eigenvalue weighted by Crippen LogP contribution is -2.42. The van der Waals surface area contributed by atoms with Gasteiger partial charge in [0.15, 0.2) is 28.4 Å². The number of benzene rings is 1. The van der Waals surface area contributed by atoms with Crippen LogP contribution in [0.15, 0.2) is 29.3 Å². The Balaban J connectivity index is 1.42. The zero-order valence-corrected chi connectivity index (χ0v) is 22.7. The van der Waals surface area contributed by atoms with Gasteiger partial charge in [-0.05, 0) is 51.2 Å². The number of halogens is 1. The van der Waals surface area contributed by atoms with Crippen LogP contribution in [0.2, 0.25) is 5.15 Å². The Morgan fingerprint density at radius 2 is 1.74 bits per heavy atom. The van der Waals surface area contributed by atoms with Crippen LogP contribution < -0.4 is 33.2 Å². The zero-order valence-electron chi connectivity index (χ0n) is 21.9. The second-order valence-electron chi connectivity index (χ2n) is 9.29. The van der Waals surface area contributed by atoms with Gasteiger partial charge in [0.2, 0.25) is 5.91 Å². The van der Waals surface area contributed by atoms with E-state index in [0.29, 0.717) is 43.7 Å². The van der Waals surface area contributed by atoms with Crippen molar-refractivity contribution in [3.63, 3.8) is 0 Å². The molecule has 14 nitrogen and oxygen atoms in total. The number of nitrogens with zero attached hydrogens (tertiary/aromatic N) is 5. The van der Waals surface area contributed by atoms with E-state index in [1.54, 1.807) is 24.3 Å². The first-order valence-corrected chi connectivity index (χ1v) is 12.7. The number of aromatic nitrogens is 2. The minimum atomic E-state index is -0.699. The van der Waals surface area contributed by atoms with Gasteiger partial charge in [0, 0.05) is 37.4 Å². The molecule has 1 saturated heterocycles. The molecule has 0 saturated carbocycles. The molecule has 1 aliphatic rings. The molecule has 210 valence electrons. The Hall–Kier alpha value is -4.01. The summed E-state index contributed by atoms with van der Waals surface area (Å²) in [7, 11) is 3.87. The molecule has 1 aromatic carbocycles. The van der Waals surface area contributed by atoms with E-state index >= 15 is 0 Å². The number of rotatable bonds is 9. The van der Waals surface area contributed by atoms with Crippen LogP contribution in [0.5, 0.6) is 0 Å². The number of aliphatic imine (C=N–C) groups is 1. The van der Waals surface area contributed by atoms with Crippen LogP contribution in [-0.2, 0) is 4.79 Å². The van der Waals surface area contributed by atoms with Gasteiger partial charge in [-0.2, -0.15) is 0 Å². The number of nitrogens with one attached hydrogen (secondary N) is 3. The average Bonchev–Trinajstić information content (AvgIpc) is 2.87. The van der Waals surface area contributed by atoms with E-state index in [2.05, 4.69) is 30.9 Å². The van der Waals surface area contributed by atoms with Crippen molar-refractivity contribution in [1.82, 2.24) is 30.4 Å². The van der Waals surface area contributed by atoms with Gasteiger partial charge in [-0.1, -0.05) is 11.6 Å². The van der Waals surface area contributed by atoms with E-state index in [9.17, 15) is 14.4 Å². The lowest BCUT2D eigenvalue weighted by Gasteiger charge is -2.29. The number of carbonyl (C=O) groups is 3. The number of piperidine rings is 1. The molecule has 1 fully saturated rings. The minimum absolute atomic E-state index is 0.0820. The number of carbonyl (C=O) groups excluding carboxylic acids is 3. The van der Waals surface area contributed by atoms with Gasteiger partial charge in [-0.15, -0.1) is 0 Å². The molecular formula is C24H34ClN11O3. The lowest BCUT2D eigenvalue weighted by atomic mass is 10.1. The van der Waals surface area contributed by atoms with Gasteiger partial charge >= 0.3 is 0 Å². The first-order chi connectivity index (χ1) is 18.5. The van der Waals surface area contributed by atoms with Crippen LogP contribution >= 0.6 is 11.6 Å². The van der Waals surface area contributed by atoms with Gasteiger partial charge < -0.3 is 32.7 Å². The van der Waals surface area contributed by atoms with Crippen molar-refractivity contribution in [2.24, 2.45) is 10.7 Å². The molecule has 1 aliphatic heterocycles. The largest absolute Gasteiger partial charge is 0.382 e. The molecule has 0 radical (unpaired) electrons. The van der Waals surface area contributed by atoms with Gasteiger partial charge in [-0.25, -0.2) is 15.0 Å². The van der Waals surface area contributed by atoms with Crippen molar-refractivity contribution in [3.8, 4) is 0 Å². The van der Waals surface area contributed by atoms with Crippen molar-refractivity contribution in [2.45, 2.75) is 18.9 Å². The van der Waals surface area contributed by atoms with E-state index < -0.39 is 5.91 Å². The monoisotopic (exact) mass is 559 g/mol. The smallest absolute Gasteiger partial charge is 0.280 e. The van der Waals surface area contributed by atoms with Crippen molar-refractivity contribution in [1.29, 1.82) is 0 Å². The summed E-state index contributed by atoms with van der Waals surface area (Å²) in [5.74, 6) is -1.36. The summed E-state index contributed by atoms with van der Waals surface area (Å²) in [6, 6.07) is 6.63. The van der Waals surface area contributed by atoms with Crippen molar-refractivity contribution in [2.75, 3.05) is 63.6 Å². The van der Waals surface area contributed by atoms with Gasteiger partial charge in [0.1, 0.15) is 0 Å². The molecule has 0 spiro atoms. The molecule has 39 heavy (non-hydrogen) atoms. The summed E-state index contributed by atoms with van der Waals surface area (Å²) >= 11 is 5.81. The molecule has 3 rings (SSSR count). The number of hydrogen-bond donors (Lipinski definition) is 6. The number of likely N-dealkylation sites (tertiary alicyclic amines) is 1. The summed E-state index contributed by atoms with van der Waals surface area (Å²) < 4.78 is 0. The Bertz CT molecular complexity index is 1210. The predicted octanol–water partition coefficient (Wildman–Crippen LogP) is -0.267. The third-order valence-electron chi connectivity index (χ3n) is 5.88. The quantitative estimate of drug-likeness (QED) is 0.175. The summed E-state index contributed by atoms with van der Waals surface area (Å²) in [4.78, 5) is 53.1. The SMILES string of the molecule is CN(C)CCNC(=O)c1ccc(NC(=O)CN2CCC(N=C(N)NC(=O)c3nc(Cl)c(N)nc3N)CC2)cc1. The fourth-order valence-electron chi connectivity index (χ4n) is 3.82. The fraction of sp³-hybridized carbons (Fsp3) is 0.417. The molecule has 3 amide bonds. The number of nitrogen functional groups attached to an aromatic ring is 2. The topological polar surface area (TPSA) is 210 Å². The van der Waals surface area contributed by atoms with Crippen LogP contribution in [0.3, 0.4) is 0 Å². The molecule has 1 aromatic heterocycles. The molecule has 9 N–H and O–H groups in total. The minimum Gasteiger partial charge on any atom is -0.382 e. The van der Waals surface area contributed by atoms with E-state index in [-0.39, 0.29) is 52.8 Å². The highest BCUT2D eigenvalue weighted by Gasteiger charge is 2.22. The summed E-state index contributed by atoms with van der Waals surface area (Å²) in [6.07, 6.45) is 1.30. The number of hydrogen-bond acceptors (Lipinski definition) is 10. The Morgan fingerprint density at radius 1 is 1.08 bits per heavy atom. The maximum Gasteiger partial charge on any atom is 0.280 e. The molecule has 0 aliphatic carbocycles. The van der Waals surface area contributed by atoms with Crippen molar-refractivity contribution in [3.05, 3.63) is 40.7 Å². The van der Waals surface area contributed by atoms with Crippen LogP contribution in [0.25, 0.3) is 0 Å². The number of anilines is 3. The highest BCUT2D eigenvalue weighted by molar-refractivity contribution is 6.31. The summed E-state index contributed by atoms with van der Waals surface area (Å²) in [5, 5.41) is 7.99. The fourth-order valence-corrected chi connectivity index (χ4v) is 3.95. The zero-order chi connectivity index (χ0) is 28.5. The second kappa shape index (κ2) is 13.7. The maximum atomic E-state index is 12.5. The molecule has 0 unspecified atom stereocenters. The maximum absolute atomic E-state index is 12.5. The molecule has 2 aromatic rings. The highest BCUT2D eigenvalue weighted by atomic mass is 35.5. The summed E-state index contributed by atoms with van der Waals surface area (Å²) in [5.41, 5.74) is 18.0. The normalized spacial score (nSPS) is 14.7. The Labute approximate surface area is 231 Å². The van der Waals surface area contributed by atoms with Crippen LogP contribution in [0, 0.1) is 0 Å². The predicted molar refractivity (Wildman–Crippen MR) is 150 cm³/mol. The highest BCUT2D eigenvalue weighted by Crippen LogP contribution is 2.18. The molecule has 15 heteroatoms. The standard InChI is InChI=1S/C24H34ClN11O3/c1-35(2)12-9-29-22(38)14-3-5-15(6-4-14)30-17(37)13-36-10-7-16(8-11-36)31-24(28)34-23(39)18-20(26)33-21(27)19(25)32-18/h3-6,16H,7-13H2,1-2H3,(H,29,38)(H,30,37)(H4,26,27,33)(H3,28,31,34,39). The molecular weight excluding hydrogens is 526 g/mol. The Morgan fingerprint density at radius 3 is 2.38 bits per heavy atom. The number of nitrogens with two attached hydrogens (primary N) is 3. The third-order valence-corrected chi connectivity index (χ3v) is 6.16. The van der Waals surface area contributed by atoms with Crippen molar-refractivity contribution >= 4 is 52.6 Å². The number of guanidine groups is 1. The lowest BCUT2D eigenvalue weighted by molar-refractivity contribution is -0.117. The van der Waals surface area contributed by atoms with Gasteiger partial charge in [0.25, 0.3) is 11.8 Å². The van der Waals surface area contributed by atoms with Gasteiger partial charge in [-0.3, -0.25) is 24.6 Å².